The average Bonchev–Trinajstić information content (AvgIpc) is 2.85. The molecule has 82 valence electrons. The molecule has 5 heteroatoms. The van der Waals surface area contributed by atoms with E-state index in [1.165, 1.54) is 0 Å². The van der Waals surface area contributed by atoms with Crippen LogP contribution in [-0.2, 0) is 21.2 Å². The van der Waals surface area contributed by atoms with Crippen LogP contribution >= 0.6 is 0 Å². The van der Waals surface area contributed by atoms with Gasteiger partial charge in [-0.05, 0) is 18.6 Å². The van der Waals surface area contributed by atoms with Crippen LogP contribution in [0, 0.1) is 6.92 Å². The van der Waals surface area contributed by atoms with E-state index in [0.717, 1.165) is 11.1 Å². The first-order valence-electron chi connectivity index (χ1n) is 4.71. The number of rotatable bonds is 3. The number of hydrogen-bond acceptors (Lipinski definition) is 3. The Labute approximate surface area is 89.1 Å². The monoisotopic (exact) mass is 227 g/mol. The lowest BCUT2D eigenvalue weighted by atomic mass is 10.1. The Morgan fingerprint density at radius 3 is 2.73 bits per heavy atom. The van der Waals surface area contributed by atoms with Gasteiger partial charge in [0.05, 0.1) is 17.6 Å². The van der Waals surface area contributed by atoms with Crippen molar-refractivity contribution in [1.29, 1.82) is 0 Å². The van der Waals surface area contributed by atoms with E-state index in [1.54, 1.807) is 12.1 Å². The fourth-order valence-corrected chi connectivity index (χ4v) is 2.34. The topological polar surface area (TPSA) is 72.7 Å². The highest BCUT2D eigenvalue weighted by Crippen LogP contribution is 2.22. The minimum atomic E-state index is -3.62. The predicted molar refractivity (Wildman–Crippen MR) is 56.0 cm³/mol. The Hall–Kier alpha value is -0.910. The summed E-state index contributed by atoms with van der Waals surface area (Å²) in [5.41, 5.74) is 1.78. The fourth-order valence-electron chi connectivity index (χ4n) is 1.58. The molecule has 1 saturated heterocycles. The second-order valence-electron chi connectivity index (χ2n) is 3.82. The Morgan fingerprint density at radius 1 is 1.53 bits per heavy atom. The van der Waals surface area contributed by atoms with Crippen molar-refractivity contribution in [1.82, 2.24) is 0 Å². The zero-order valence-electron chi connectivity index (χ0n) is 8.43. The van der Waals surface area contributed by atoms with Crippen LogP contribution in [0.5, 0.6) is 0 Å². The first kappa shape index (κ1) is 10.6. The third kappa shape index (κ3) is 2.56. The molecule has 1 aromatic carbocycles. The first-order valence-corrected chi connectivity index (χ1v) is 6.25. The summed E-state index contributed by atoms with van der Waals surface area (Å²) in [6, 6.07) is 5.15. The summed E-state index contributed by atoms with van der Waals surface area (Å²) in [5, 5.41) is 5.14. The van der Waals surface area contributed by atoms with Crippen LogP contribution in [0.3, 0.4) is 0 Å². The molecule has 1 unspecified atom stereocenters. The van der Waals surface area contributed by atoms with Crippen LogP contribution in [0.4, 0.5) is 0 Å². The fraction of sp³-hybridized carbons (Fsp3) is 0.400. The molecule has 1 aliphatic heterocycles. The largest absolute Gasteiger partial charge is 0.373 e. The Morgan fingerprint density at radius 2 is 2.20 bits per heavy atom. The molecule has 1 fully saturated rings. The van der Waals surface area contributed by atoms with E-state index in [2.05, 4.69) is 0 Å². The van der Waals surface area contributed by atoms with Gasteiger partial charge in [-0.2, -0.15) is 0 Å². The lowest BCUT2D eigenvalue weighted by molar-refractivity contribution is 0.406. The second-order valence-corrected chi connectivity index (χ2v) is 5.35. The van der Waals surface area contributed by atoms with E-state index in [1.807, 2.05) is 13.0 Å². The van der Waals surface area contributed by atoms with Crippen LogP contribution in [-0.4, -0.2) is 21.1 Å². The van der Waals surface area contributed by atoms with Crippen molar-refractivity contribution in [2.75, 3.05) is 6.61 Å². The van der Waals surface area contributed by atoms with Gasteiger partial charge in [-0.15, -0.1) is 0 Å². The normalized spacial score (nSPS) is 20.3. The molecule has 2 rings (SSSR count). The average molecular weight is 227 g/mol. The summed E-state index contributed by atoms with van der Waals surface area (Å²) in [6.07, 6.45) is 0.778. The minimum Gasteiger partial charge on any atom is -0.373 e. The van der Waals surface area contributed by atoms with Crippen molar-refractivity contribution in [2.45, 2.75) is 24.3 Å². The Bertz CT molecular complexity index is 477. The molecule has 1 heterocycles. The zero-order chi connectivity index (χ0) is 11.1. The van der Waals surface area contributed by atoms with Crippen LogP contribution in [0.1, 0.15) is 11.1 Å². The number of aryl methyl sites for hydroxylation is 1. The number of nitrogens with two attached hydrogens (primary N) is 1. The summed E-state index contributed by atoms with van der Waals surface area (Å²) in [6.45, 7) is 2.63. The van der Waals surface area contributed by atoms with Crippen molar-refractivity contribution >= 4 is 10.0 Å². The Kier molecular flexibility index (Phi) is 2.54. The van der Waals surface area contributed by atoms with Gasteiger partial charge in [0.2, 0.25) is 10.0 Å². The SMILES string of the molecule is Cc1ccc(S(N)(=O)=O)c(CC2CO2)c1. The predicted octanol–water partition coefficient (Wildman–Crippen LogP) is 0.584. The van der Waals surface area contributed by atoms with E-state index in [-0.39, 0.29) is 11.0 Å². The molecule has 4 nitrogen and oxygen atoms in total. The summed E-state index contributed by atoms with van der Waals surface area (Å²) >= 11 is 0. The van der Waals surface area contributed by atoms with Crippen molar-refractivity contribution in [2.24, 2.45) is 5.14 Å². The van der Waals surface area contributed by atoms with Gasteiger partial charge in [0.25, 0.3) is 0 Å². The number of primary sulfonamides is 1. The molecule has 0 bridgehead atoms. The standard InChI is InChI=1S/C10H13NO3S/c1-7-2-3-10(15(11,12)13)8(4-7)5-9-6-14-9/h2-4,9H,5-6H2,1H3,(H2,11,12,13). The third-order valence-corrected chi connectivity index (χ3v) is 3.38. The molecule has 0 aliphatic carbocycles. The van der Waals surface area contributed by atoms with Crippen molar-refractivity contribution < 1.29 is 13.2 Å². The summed E-state index contributed by atoms with van der Waals surface area (Å²) in [7, 11) is -3.62. The van der Waals surface area contributed by atoms with Gasteiger partial charge in [0, 0.05) is 6.42 Å². The van der Waals surface area contributed by atoms with E-state index in [0.29, 0.717) is 13.0 Å². The van der Waals surface area contributed by atoms with Crippen LogP contribution in [0.15, 0.2) is 23.1 Å². The smallest absolute Gasteiger partial charge is 0.238 e. The molecule has 0 spiro atoms. The number of epoxide rings is 1. The zero-order valence-corrected chi connectivity index (χ0v) is 9.25. The molecule has 1 aromatic rings. The van der Waals surface area contributed by atoms with Gasteiger partial charge < -0.3 is 4.74 Å². The van der Waals surface area contributed by atoms with Crippen molar-refractivity contribution in [3.05, 3.63) is 29.3 Å². The van der Waals surface area contributed by atoms with Crippen molar-refractivity contribution in [3.63, 3.8) is 0 Å². The molecule has 0 radical (unpaired) electrons. The quantitative estimate of drug-likeness (QED) is 0.768. The number of hydrogen-bond donors (Lipinski definition) is 1. The first-order chi connectivity index (χ1) is 6.97. The molecule has 0 aromatic heterocycles. The van der Waals surface area contributed by atoms with E-state index >= 15 is 0 Å². The highest BCUT2D eigenvalue weighted by molar-refractivity contribution is 7.89. The van der Waals surface area contributed by atoms with Gasteiger partial charge in [-0.1, -0.05) is 17.7 Å². The van der Waals surface area contributed by atoms with E-state index in [4.69, 9.17) is 9.88 Å². The molecule has 1 aliphatic rings. The van der Waals surface area contributed by atoms with Gasteiger partial charge in [0.1, 0.15) is 0 Å². The molecule has 0 amide bonds. The highest BCUT2D eigenvalue weighted by atomic mass is 32.2. The van der Waals surface area contributed by atoms with Crippen LogP contribution in [0.25, 0.3) is 0 Å². The number of ether oxygens (including phenoxy) is 1. The highest BCUT2D eigenvalue weighted by Gasteiger charge is 2.25. The van der Waals surface area contributed by atoms with E-state index < -0.39 is 10.0 Å². The maximum atomic E-state index is 11.3. The van der Waals surface area contributed by atoms with Gasteiger partial charge in [-0.25, -0.2) is 13.6 Å². The van der Waals surface area contributed by atoms with Crippen LogP contribution in [0.2, 0.25) is 0 Å². The molecular formula is C10H13NO3S. The molecule has 2 N–H and O–H groups in total. The summed E-state index contributed by atoms with van der Waals surface area (Å²) in [4.78, 5) is 0.212. The lowest BCUT2D eigenvalue weighted by Crippen LogP contribution is -2.15. The molecule has 1 atom stereocenters. The van der Waals surface area contributed by atoms with Gasteiger partial charge in [-0.3, -0.25) is 0 Å². The summed E-state index contributed by atoms with van der Waals surface area (Å²) < 4.78 is 27.7. The third-order valence-electron chi connectivity index (χ3n) is 2.37. The maximum Gasteiger partial charge on any atom is 0.238 e. The Balaban J connectivity index is 2.43. The molecule has 15 heavy (non-hydrogen) atoms. The van der Waals surface area contributed by atoms with Gasteiger partial charge in [0.15, 0.2) is 0 Å². The maximum absolute atomic E-state index is 11.3. The van der Waals surface area contributed by atoms with Crippen molar-refractivity contribution in [3.8, 4) is 0 Å². The lowest BCUT2D eigenvalue weighted by Gasteiger charge is -2.07. The van der Waals surface area contributed by atoms with E-state index in [9.17, 15) is 8.42 Å². The minimum absolute atomic E-state index is 0.160. The summed E-state index contributed by atoms with van der Waals surface area (Å²) in [5.74, 6) is 0. The van der Waals surface area contributed by atoms with Gasteiger partial charge >= 0.3 is 0 Å². The van der Waals surface area contributed by atoms with Crippen LogP contribution < -0.4 is 5.14 Å². The molecule has 0 saturated carbocycles. The number of sulfonamides is 1. The second kappa shape index (κ2) is 3.59. The number of benzene rings is 1. The molecular weight excluding hydrogens is 214 g/mol.